The molecule has 6 nitrogen and oxygen atoms in total. The normalized spacial score (nSPS) is 12.4. The summed E-state index contributed by atoms with van der Waals surface area (Å²) in [6.45, 7) is 5.67. The number of halogens is 1. The zero-order valence-corrected chi connectivity index (χ0v) is 18.4. The molecular formula is C22H21ClN4O2S. The zero-order chi connectivity index (χ0) is 21.5. The molecule has 154 valence electrons. The second-order valence-corrected chi connectivity index (χ2v) is 10.7. The van der Waals surface area contributed by atoms with Crippen molar-refractivity contribution in [2.24, 2.45) is 5.41 Å². The molecule has 0 spiro atoms. The molecule has 0 aliphatic rings. The maximum atomic E-state index is 12.8. The van der Waals surface area contributed by atoms with Crippen LogP contribution in [-0.4, -0.2) is 33.8 Å². The minimum Gasteiger partial charge on any atom is -0.296 e. The van der Waals surface area contributed by atoms with Crippen molar-refractivity contribution in [2.45, 2.75) is 25.7 Å². The van der Waals surface area contributed by atoms with Crippen molar-refractivity contribution >= 4 is 27.0 Å². The second kappa shape index (κ2) is 7.49. The lowest BCUT2D eigenvalue weighted by atomic mass is 10.0. The van der Waals surface area contributed by atoms with Crippen LogP contribution < -0.4 is 0 Å². The van der Waals surface area contributed by atoms with Gasteiger partial charge in [-0.3, -0.25) is 9.38 Å². The molecule has 4 rings (SSSR count). The molecule has 3 heterocycles. The van der Waals surface area contributed by atoms with Gasteiger partial charge in [-0.05, 0) is 23.1 Å². The standard InChI is InChI=1S/C22H21ClN4O2S/c1-22(2,3)14-30(28,29)17-11-16(12-24-13-17)21-26-25-20(23)19-18(9-10-27(19)21)15-7-5-4-6-8-15/h4-13H,14H2,1-3H3. The lowest BCUT2D eigenvalue weighted by Crippen LogP contribution is -2.21. The van der Waals surface area contributed by atoms with Gasteiger partial charge in [-0.2, -0.15) is 0 Å². The highest BCUT2D eigenvalue weighted by Gasteiger charge is 2.25. The number of rotatable bonds is 4. The molecule has 0 saturated heterocycles. The molecule has 0 amide bonds. The summed E-state index contributed by atoms with van der Waals surface area (Å²) in [4.78, 5) is 4.32. The molecule has 0 bridgehead atoms. The number of hydrogen-bond acceptors (Lipinski definition) is 5. The summed E-state index contributed by atoms with van der Waals surface area (Å²) in [7, 11) is -3.49. The molecule has 4 aromatic rings. The average molecular weight is 441 g/mol. The van der Waals surface area contributed by atoms with Gasteiger partial charge in [0, 0.05) is 29.7 Å². The predicted octanol–water partition coefficient (Wildman–Crippen LogP) is 4.93. The summed E-state index contributed by atoms with van der Waals surface area (Å²) in [5, 5.41) is 8.61. The highest BCUT2D eigenvalue weighted by Crippen LogP contribution is 2.32. The van der Waals surface area contributed by atoms with Crippen LogP contribution in [0.15, 0.2) is 66.0 Å². The minimum absolute atomic E-state index is 0.0223. The van der Waals surface area contributed by atoms with Gasteiger partial charge < -0.3 is 0 Å². The fourth-order valence-electron chi connectivity index (χ4n) is 3.42. The summed E-state index contributed by atoms with van der Waals surface area (Å²) < 4.78 is 27.5. The Balaban J connectivity index is 1.86. The average Bonchev–Trinajstić information content (AvgIpc) is 3.13. The summed E-state index contributed by atoms with van der Waals surface area (Å²) in [5.41, 5.74) is 2.81. The molecule has 0 aliphatic carbocycles. The maximum absolute atomic E-state index is 12.8. The van der Waals surface area contributed by atoms with Crippen LogP contribution >= 0.6 is 11.6 Å². The van der Waals surface area contributed by atoms with E-state index in [1.807, 2.05) is 67.8 Å². The van der Waals surface area contributed by atoms with Crippen molar-refractivity contribution in [3.05, 3.63) is 66.2 Å². The molecule has 30 heavy (non-hydrogen) atoms. The van der Waals surface area contributed by atoms with Crippen LogP contribution in [0.1, 0.15) is 20.8 Å². The SMILES string of the molecule is CC(C)(C)CS(=O)(=O)c1cncc(-c2nnc(Cl)c3c(-c4ccccc4)ccn23)c1. The number of pyridine rings is 1. The zero-order valence-electron chi connectivity index (χ0n) is 16.9. The summed E-state index contributed by atoms with van der Waals surface area (Å²) in [6, 6.07) is 13.4. The van der Waals surface area contributed by atoms with E-state index in [1.165, 1.54) is 6.20 Å². The highest BCUT2D eigenvalue weighted by molar-refractivity contribution is 7.91. The van der Waals surface area contributed by atoms with E-state index in [1.54, 1.807) is 12.3 Å². The molecule has 0 atom stereocenters. The summed E-state index contributed by atoms with van der Waals surface area (Å²) in [5.74, 6) is 0.492. The molecule has 0 unspecified atom stereocenters. The Labute approximate surface area is 180 Å². The first-order valence-corrected chi connectivity index (χ1v) is 11.5. The van der Waals surface area contributed by atoms with Crippen LogP contribution in [0.5, 0.6) is 0 Å². The van der Waals surface area contributed by atoms with E-state index in [9.17, 15) is 8.42 Å². The third-order valence-electron chi connectivity index (χ3n) is 4.58. The topological polar surface area (TPSA) is 77.2 Å². The minimum atomic E-state index is -3.49. The third-order valence-corrected chi connectivity index (χ3v) is 7.02. The molecule has 1 aromatic carbocycles. The van der Waals surface area contributed by atoms with Gasteiger partial charge in [-0.25, -0.2) is 8.42 Å². The van der Waals surface area contributed by atoms with Crippen LogP contribution in [0.25, 0.3) is 28.0 Å². The van der Waals surface area contributed by atoms with Gasteiger partial charge in [0.05, 0.1) is 16.2 Å². The number of sulfone groups is 1. The molecule has 0 radical (unpaired) electrons. The van der Waals surface area contributed by atoms with Crippen molar-refractivity contribution in [1.82, 2.24) is 19.6 Å². The van der Waals surface area contributed by atoms with Gasteiger partial charge in [0.15, 0.2) is 20.8 Å². The van der Waals surface area contributed by atoms with Crippen LogP contribution in [0.2, 0.25) is 5.15 Å². The number of fused-ring (bicyclic) bond motifs is 1. The third kappa shape index (κ3) is 3.95. The van der Waals surface area contributed by atoms with Gasteiger partial charge >= 0.3 is 0 Å². The van der Waals surface area contributed by atoms with Gasteiger partial charge in [0.1, 0.15) is 0 Å². The van der Waals surface area contributed by atoms with Gasteiger partial charge in [0.25, 0.3) is 0 Å². The molecule has 8 heteroatoms. The van der Waals surface area contributed by atoms with Crippen LogP contribution in [0.4, 0.5) is 0 Å². The van der Waals surface area contributed by atoms with E-state index in [0.717, 1.165) is 11.1 Å². The number of hydrogen-bond donors (Lipinski definition) is 0. The predicted molar refractivity (Wildman–Crippen MR) is 118 cm³/mol. The Morgan fingerprint density at radius 2 is 1.73 bits per heavy atom. The summed E-state index contributed by atoms with van der Waals surface area (Å²) >= 11 is 6.38. The maximum Gasteiger partial charge on any atom is 0.180 e. The number of aromatic nitrogens is 4. The first-order chi connectivity index (χ1) is 14.2. The van der Waals surface area contributed by atoms with Crippen molar-refractivity contribution < 1.29 is 8.42 Å². The van der Waals surface area contributed by atoms with Crippen LogP contribution in [-0.2, 0) is 9.84 Å². The second-order valence-electron chi connectivity index (χ2n) is 8.36. The van der Waals surface area contributed by atoms with Gasteiger partial charge in [-0.1, -0.05) is 62.7 Å². The summed E-state index contributed by atoms with van der Waals surface area (Å²) in [6.07, 6.45) is 4.80. The van der Waals surface area contributed by atoms with E-state index >= 15 is 0 Å². The number of benzene rings is 1. The molecule has 3 aromatic heterocycles. The van der Waals surface area contributed by atoms with Crippen LogP contribution in [0.3, 0.4) is 0 Å². The van der Waals surface area contributed by atoms with Crippen LogP contribution in [0, 0.1) is 5.41 Å². The van der Waals surface area contributed by atoms with E-state index in [0.29, 0.717) is 16.9 Å². The van der Waals surface area contributed by atoms with Gasteiger partial charge in [0.2, 0.25) is 0 Å². The Morgan fingerprint density at radius 3 is 2.43 bits per heavy atom. The first kappa shape index (κ1) is 20.5. The Bertz CT molecular complexity index is 1330. The monoisotopic (exact) mass is 440 g/mol. The first-order valence-electron chi connectivity index (χ1n) is 9.43. The molecule has 0 N–H and O–H groups in total. The Hall–Kier alpha value is -2.77. The van der Waals surface area contributed by atoms with Crippen molar-refractivity contribution in [2.75, 3.05) is 5.75 Å². The van der Waals surface area contributed by atoms with E-state index in [2.05, 4.69) is 15.2 Å². The quantitative estimate of drug-likeness (QED) is 0.449. The fraction of sp³-hybridized carbons (Fsp3) is 0.227. The van der Waals surface area contributed by atoms with E-state index in [4.69, 9.17) is 11.6 Å². The van der Waals surface area contributed by atoms with E-state index in [-0.39, 0.29) is 21.2 Å². The fourth-order valence-corrected chi connectivity index (χ4v) is 5.48. The van der Waals surface area contributed by atoms with Crippen molar-refractivity contribution in [3.8, 4) is 22.5 Å². The largest absolute Gasteiger partial charge is 0.296 e. The van der Waals surface area contributed by atoms with Gasteiger partial charge in [-0.15, -0.1) is 10.2 Å². The van der Waals surface area contributed by atoms with Crippen molar-refractivity contribution in [1.29, 1.82) is 0 Å². The molecule has 0 saturated carbocycles. The molecule has 0 fully saturated rings. The lowest BCUT2D eigenvalue weighted by molar-refractivity contribution is 0.461. The Kier molecular flexibility index (Phi) is 5.11. The lowest BCUT2D eigenvalue weighted by Gasteiger charge is -2.18. The van der Waals surface area contributed by atoms with E-state index < -0.39 is 9.84 Å². The number of nitrogens with zero attached hydrogens (tertiary/aromatic N) is 4. The Morgan fingerprint density at radius 1 is 1.00 bits per heavy atom. The van der Waals surface area contributed by atoms with Crippen molar-refractivity contribution in [3.63, 3.8) is 0 Å². The highest BCUT2D eigenvalue weighted by atomic mass is 35.5. The molecule has 0 aliphatic heterocycles. The molecular weight excluding hydrogens is 420 g/mol. The smallest absolute Gasteiger partial charge is 0.180 e.